The van der Waals surface area contributed by atoms with E-state index >= 15 is 0 Å². The van der Waals surface area contributed by atoms with Gasteiger partial charge in [-0.1, -0.05) is 32.0 Å². The molecule has 6 heteroatoms. The quantitative estimate of drug-likeness (QED) is 0.783. The fourth-order valence-corrected chi connectivity index (χ4v) is 6.10. The van der Waals surface area contributed by atoms with Crippen LogP contribution >= 0.6 is 0 Å². The Hall–Kier alpha value is -1.92. The first-order valence-corrected chi connectivity index (χ1v) is 11.6. The summed E-state index contributed by atoms with van der Waals surface area (Å²) in [6.45, 7) is 7.30. The number of aromatic nitrogens is 1. The molecule has 0 radical (unpaired) electrons. The van der Waals surface area contributed by atoms with Crippen LogP contribution in [0.1, 0.15) is 44.6 Å². The van der Waals surface area contributed by atoms with Gasteiger partial charge in [0.25, 0.3) is 0 Å². The molecule has 0 unspecified atom stereocenters. The van der Waals surface area contributed by atoms with Crippen LogP contribution in [0, 0.1) is 5.41 Å². The Morgan fingerprint density at radius 2 is 1.79 bits per heavy atom. The fraction of sp³-hybridized carbons (Fsp3) is 0.500. The van der Waals surface area contributed by atoms with E-state index in [2.05, 4.69) is 23.7 Å². The fourth-order valence-electron chi connectivity index (χ4n) is 4.55. The van der Waals surface area contributed by atoms with Gasteiger partial charge >= 0.3 is 0 Å². The Morgan fingerprint density at radius 3 is 2.46 bits per heavy atom. The normalized spacial score (nSPS) is 23.6. The first-order valence-electron chi connectivity index (χ1n) is 10.2. The predicted octanol–water partition coefficient (Wildman–Crippen LogP) is 3.89. The molecule has 1 aromatic heterocycles. The third-order valence-electron chi connectivity index (χ3n) is 6.22. The zero-order valence-corrected chi connectivity index (χ0v) is 17.5. The molecule has 1 aromatic carbocycles. The minimum atomic E-state index is -3.44. The van der Waals surface area contributed by atoms with E-state index < -0.39 is 10.0 Å². The first kappa shape index (κ1) is 19.4. The third kappa shape index (κ3) is 3.67. The van der Waals surface area contributed by atoms with E-state index in [0.29, 0.717) is 23.9 Å². The number of hydrogen-bond acceptors (Lipinski definition) is 4. The van der Waals surface area contributed by atoms with E-state index in [9.17, 15) is 8.42 Å². The van der Waals surface area contributed by atoms with Gasteiger partial charge in [-0.15, -0.1) is 0 Å². The van der Waals surface area contributed by atoms with E-state index in [-0.39, 0.29) is 5.41 Å². The standard InChI is InChI=1S/C22H29N3O2S/c1-18(2)19-7-9-20(10-8-19)28(26,27)25-15-12-22(17-25)11-5-14-24(16-22)21-6-3-4-13-23-21/h3-4,6-10,13,18H,5,11-12,14-17H2,1-2H3/t22-/m1/s1. The van der Waals surface area contributed by atoms with Crippen molar-refractivity contribution in [2.24, 2.45) is 5.41 Å². The molecule has 2 fully saturated rings. The number of benzene rings is 1. The van der Waals surface area contributed by atoms with E-state index in [1.54, 1.807) is 16.4 Å². The number of sulfonamides is 1. The highest BCUT2D eigenvalue weighted by molar-refractivity contribution is 7.89. The molecule has 0 bridgehead atoms. The molecule has 1 atom stereocenters. The summed E-state index contributed by atoms with van der Waals surface area (Å²) in [5.41, 5.74) is 1.19. The Labute approximate surface area is 168 Å². The topological polar surface area (TPSA) is 53.5 Å². The van der Waals surface area contributed by atoms with E-state index in [0.717, 1.165) is 43.7 Å². The summed E-state index contributed by atoms with van der Waals surface area (Å²) >= 11 is 0. The molecule has 0 aliphatic carbocycles. The number of rotatable bonds is 4. The van der Waals surface area contributed by atoms with E-state index in [1.807, 2.05) is 36.5 Å². The van der Waals surface area contributed by atoms with Gasteiger partial charge in [-0.25, -0.2) is 13.4 Å². The Kier molecular flexibility index (Phi) is 5.19. The Balaban J connectivity index is 1.51. The number of anilines is 1. The summed E-state index contributed by atoms with van der Waals surface area (Å²) in [7, 11) is -3.44. The zero-order valence-electron chi connectivity index (χ0n) is 16.7. The van der Waals surface area contributed by atoms with Crippen molar-refractivity contribution in [3.63, 3.8) is 0 Å². The molecular formula is C22H29N3O2S. The number of pyridine rings is 1. The lowest BCUT2D eigenvalue weighted by Crippen LogP contribution is -2.45. The van der Waals surface area contributed by atoms with Crippen LogP contribution < -0.4 is 4.90 Å². The summed E-state index contributed by atoms with van der Waals surface area (Å²) < 4.78 is 28.1. The highest BCUT2D eigenvalue weighted by Crippen LogP contribution is 2.41. The molecule has 2 saturated heterocycles. The van der Waals surface area contributed by atoms with Crippen molar-refractivity contribution in [2.45, 2.75) is 43.9 Å². The molecule has 2 aliphatic heterocycles. The van der Waals surface area contributed by atoms with Crippen molar-refractivity contribution < 1.29 is 8.42 Å². The largest absolute Gasteiger partial charge is 0.356 e. The number of piperidine rings is 1. The van der Waals surface area contributed by atoms with Gasteiger partial charge in [0, 0.05) is 37.8 Å². The second kappa shape index (κ2) is 7.48. The van der Waals surface area contributed by atoms with Crippen molar-refractivity contribution in [2.75, 3.05) is 31.1 Å². The molecule has 2 aromatic rings. The lowest BCUT2D eigenvalue weighted by atomic mass is 9.79. The van der Waals surface area contributed by atoms with Gasteiger partial charge in [0.2, 0.25) is 10.0 Å². The lowest BCUT2D eigenvalue weighted by molar-refractivity contribution is 0.247. The minimum absolute atomic E-state index is 0.0285. The van der Waals surface area contributed by atoms with Crippen LogP contribution in [0.15, 0.2) is 53.6 Å². The first-order chi connectivity index (χ1) is 13.4. The van der Waals surface area contributed by atoms with Gasteiger partial charge in [-0.3, -0.25) is 0 Å². The van der Waals surface area contributed by atoms with Gasteiger partial charge < -0.3 is 4.90 Å². The van der Waals surface area contributed by atoms with Crippen molar-refractivity contribution in [1.82, 2.24) is 9.29 Å². The summed E-state index contributed by atoms with van der Waals surface area (Å²) in [6, 6.07) is 13.4. The van der Waals surface area contributed by atoms with Crippen LogP contribution in [0.25, 0.3) is 0 Å². The van der Waals surface area contributed by atoms with Crippen LogP contribution in [0.2, 0.25) is 0 Å². The Bertz CT molecular complexity index is 913. The average Bonchev–Trinajstić information content (AvgIpc) is 3.12. The smallest absolute Gasteiger partial charge is 0.243 e. The number of hydrogen-bond donors (Lipinski definition) is 0. The SMILES string of the molecule is CC(C)c1ccc(S(=O)(=O)N2CC[C@@]3(CCCN(c4ccccn4)C3)C2)cc1. The summed E-state index contributed by atoms with van der Waals surface area (Å²) in [4.78, 5) is 7.21. The maximum absolute atomic E-state index is 13.2. The predicted molar refractivity (Wildman–Crippen MR) is 112 cm³/mol. The maximum Gasteiger partial charge on any atom is 0.243 e. The number of nitrogens with zero attached hydrogens (tertiary/aromatic N) is 3. The molecule has 2 aliphatic rings. The molecule has 28 heavy (non-hydrogen) atoms. The molecular weight excluding hydrogens is 370 g/mol. The van der Waals surface area contributed by atoms with Crippen molar-refractivity contribution in [3.8, 4) is 0 Å². The van der Waals surface area contributed by atoms with Crippen molar-refractivity contribution in [3.05, 3.63) is 54.2 Å². The van der Waals surface area contributed by atoms with E-state index in [4.69, 9.17) is 0 Å². The van der Waals surface area contributed by atoms with Crippen LogP contribution in [0.3, 0.4) is 0 Å². The van der Waals surface area contributed by atoms with Gasteiger partial charge in [-0.05, 0) is 55.0 Å². The highest BCUT2D eigenvalue weighted by atomic mass is 32.2. The summed E-state index contributed by atoms with van der Waals surface area (Å²) in [5.74, 6) is 1.39. The van der Waals surface area contributed by atoms with Crippen molar-refractivity contribution >= 4 is 15.8 Å². The molecule has 0 amide bonds. The third-order valence-corrected chi connectivity index (χ3v) is 8.08. The van der Waals surface area contributed by atoms with Gasteiger partial charge in [0.05, 0.1) is 4.90 Å². The molecule has 4 rings (SSSR count). The molecule has 3 heterocycles. The Morgan fingerprint density at radius 1 is 1.00 bits per heavy atom. The molecule has 5 nitrogen and oxygen atoms in total. The summed E-state index contributed by atoms with van der Waals surface area (Å²) in [6.07, 6.45) is 4.89. The maximum atomic E-state index is 13.2. The monoisotopic (exact) mass is 399 g/mol. The van der Waals surface area contributed by atoms with Gasteiger partial charge in [0.1, 0.15) is 5.82 Å². The second-order valence-corrected chi connectivity index (χ2v) is 10.5. The molecule has 0 saturated carbocycles. The molecule has 1 spiro atoms. The van der Waals surface area contributed by atoms with Crippen LogP contribution in [0.5, 0.6) is 0 Å². The van der Waals surface area contributed by atoms with Gasteiger partial charge in [0.15, 0.2) is 0 Å². The van der Waals surface area contributed by atoms with Gasteiger partial charge in [-0.2, -0.15) is 4.31 Å². The average molecular weight is 400 g/mol. The van der Waals surface area contributed by atoms with Crippen molar-refractivity contribution in [1.29, 1.82) is 0 Å². The van der Waals surface area contributed by atoms with Crippen LogP contribution in [-0.2, 0) is 10.0 Å². The molecule has 0 N–H and O–H groups in total. The lowest BCUT2D eigenvalue weighted by Gasteiger charge is -2.41. The second-order valence-electron chi connectivity index (χ2n) is 8.53. The molecule has 150 valence electrons. The van der Waals surface area contributed by atoms with E-state index in [1.165, 1.54) is 0 Å². The summed E-state index contributed by atoms with van der Waals surface area (Å²) in [5, 5.41) is 0. The zero-order chi connectivity index (χ0) is 19.8. The minimum Gasteiger partial charge on any atom is -0.356 e. The van der Waals surface area contributed by atoms with Crippen LogP contribution in [-0.4, -0.2) is 43.9 Å². The highest BCUT2D eigenvalue weighted by Gasteiger charge is 2.45. The van der Waals surface area contributed by atoms with Crippen LogP contribution in [0.4, 0.5) is 5.82 Å².